The molecule has 104 valence electrons. The van der Waals surface area contributed by atoms with Crippen LogP contribution in [0.15, 0.2) is 30.7 Å². The van der Waals surface area contributed by atoms with Gasteiger partial charge in [-0.1, -0.05) is 0 Å². The van der Waals surface area contributed by atoms with Crippen molar-refractivity contribution in [2.45, 2.75) is 6.18 Å². The fourth-order valence-electron chi connectivity index (χ4n) is 1.32. The number of hydrogen-bond acceptors (Lipinski definition) is 5. The fraction of sp³-hybridized carbons (Fsp3) is 0.0909. The number of nitrogens with zero attached hydrogens (tertiary/aromatic N) is 3. The predicted octanol–water partition coefficient (Wildman–Crippen LogP) is 1.72. The second-order valence-corrected chi connectivity index (χ2v) is 3.71. The number of alkyl halides is 3. The van der Waals surface area contributed by atoms with Crippen LogP contribution >= 0.6 is 0 Å². The number of nitrogen functional groups attached to an aromatic ring is 1. The number of anilines is 2. The summed E-state index contributed by atoms with van der Waals surface area (Å²) < 4.78 is 36.9. The minimum Gasteiger partial charge on any atom is -0.382 e. The summed E-state index contributed by atoms with van der Waals surface area (Å²) in [4.78, 5) is 22.4. The number of carbonyl (C=O) groups excluding carboxylic acids is 1. The molecule has 2 rings (SSSR count). The number of nitrogens with one attached hydrogen (secondary N) is 1. The molecule has 0 aromatic carbocycles. The van der Waals surface area contributed by atoms with Crippen LogP contribution in [-0.2, 0) is 6.18 Å². The third-order valence-corrected chi connectivity index (χ3v) is 2.20. The summed E-state index contributed by atoms with van der Waals surface area (Å²) in [6.07, 6.45) is -1.18. The van der Waals surface area contributed by atoms with E-state index >= 15 is 0 Å². The first-order valence-electron chi connectivity index (χ1n) is 5.28. The van der Waals surface area contributed by atoms with E-state index in [2.05, 4.69) is 20.3 Å². The maximum absolute atomic E-state index is 12.3. The van der Waals surface area contributed by atoms with Crippen molar-refractivity contribution in [1.82, 2.24) is 15.0 Å². The molecule has 1 amide bonds. The van der Waals surface area contributed by atoms with Gasteiger partial charge in [-0.15, -0.1) is 0 Å². The first kappa shape index (κ1) is 13.7. The highest BCUT2D eigenvalue weighted by atomic mass is 19.4. The van der Waals surface area contributed by atoms with Gasteiger partial charge in [-0.05, 0) is 12.1 Å². The summed E-state index contributed by atoms with van der Waals surface area (Å²) in [6.45, 7) is 0. The van der Waals surface area contributed by atoms with Crippen LogP contribution in [0.5, 0.6) is 0 Å². The van der Waals surface area contributed by atoms with Crippen LogP contribution in [0, 0.1) is 0 Å². The molecule has 0 saturated heterocycles. The van der Waals surface area contributed by atoms with E-state index in [0.29, 0.717) is 0 Å². The summed E-state index contributed by atoms with van der Waals surface area (Å²) in [5.74, 6) is -0.588. The number of hydrogen-bond donors (Lipinski definition) is 2. The molecule has 0 bridgehead atoms. The first-order valence-corrected chi connectivity index (χ1v) is 5.28. The van der Waals surface area contributed by atoms with Gasteiger partial charge in [0.15, 0.2) is 0 Å². The molecular formula is C11H8F3N5O. The highest BCUT2D eigenvalue weighted by Crippen LogP contribution is 2.27. The Labute approximate surface area is 110 Å². The number of carbonyl (C=O) groups is 1. The molecule has 0 radical (unpaired) electrons. The third kappa shape index (κ3) is 3.19. The molecule has 0 aliphatic rings. The van der Waals surface area contributed by atoms with Crippen LogP contribution in [0.4, 0.5) is 24.7 Å². The Balaban J connectivity index is 2.12. The standard InChI is InChI=1S/C11H8F3N5O/c12-11(13,14)8-2-1-6(3-17-8)18-10(20)7-4-16-5-9(15)19-7/h1-5H,(H2,15,19)(H,18,20). The van der Waals surface area contributed by atoms with Crippen LogP contribution in [-0.4, -0.2) is 20.9 Å². The molecule has 9 heteroatoms. The van der Waals surface area contributed by atoms with E-state index in [-0.39, 0.29) is 17.2 Å². The van der Waals surface area contributed by atoms with E-state index in [1.807, 2.05) is 0 Å². The molecule has 0 atom stereocenters. The molecule has 2 heterocycles. The lowest BCUT2D eigenvalue weighted by molar-refractivity contribution is -0.141. The number of aromatic nitrogens is 3. The van der Waals surface area contributed by atoms with E-state index < -0.39 is 17.8 Å². The lowest BCUT2D eigenvalue weighted by Crippen LogP contribution is -2.15. The van der Waals surface area contributed by atoms with Crippen molar-refractivity contribution in [3.8, 4) is 0 Å². The summed E-state index contributed by atoms with van der Waals surface area (Å²) in [7, 11) is 0. The molecule has 0 unspecified atom stereocenters. The predicted molar refractivity (Wildman–Crippen MR) is 63.6 cm³/mol. The van der Waals surface area contributed by atoms with Crippen molar-refractivity contribution >= 4 is 17.4 Å². The van der Waals surface area contributed by atoms with Gasteiger partial charge in [-0.2, -0.15) is 13.2 Å². The van der Waals surface area contributed by atoms with Crippen molar-refractivity contribution in [3.63, 3.8) is 0 Å². The minimum absolute atomic E-state index is 0.0510. The molecule has 0 aliphatic carbocycles. The minimum atomic E-state index is -4.53. The Morgan fingerprint density at radius 3 is 2.50 bits per heavy atom. The van der Waals surface area contributed by atoms with Gasteiger partial charge in [0.1, 0.15) is 17.2 Å². The molecule has 0 saturated carbocycles. The number of amides is 1. The van der Waals surface area contributed by atoms with Crippen LogP contribution < -0.4 is 11.1 Å². The first-order chi connectivity index (χ1) is 9.36. The Morgan fingerprint density at radius 1 is 1.20 bits per heavy atom. The Morgan fingerprint density at radius 2 is 1.95 bits per heavy atom. The van der Waals surface area contributed by atoms with E-state index in [1.165, 1.54) is 12.4 Å². The molecule has 0 aliphatic heterocycles. The summed E-state index contributed by atoms with van der Waals surface area (Å²) >= 11 is 0. The van der Waals surface area contributed by atoms with Crippen molar-refractivity contribution in [3.05, 3.63) is 42.1 Å². The fourth-order valence-corrected chi connectivity index (χ4v) is 1.32. The number of rotatable bonds is 2. The van der Waals surface area contributed by atoms with Gasteiger partial charge in [0.25, 0.3) is 5.91 Å². The maximum atomic E-state index is 12.3. The molecule has 3 N–H and O–H groups in total. The lowest BCUT2D eigenvalue weighted by atomic mass is 10.3. The zero-order valence-electron chi connectivity index (χ0n) is 9.85. The second-order valence-electron chi connectivity index (χ2n) is 3.71. The van der Waals surface area contributed by atoms with Crippen LogP contribution in [0.2, 0.25) is 0 Å². The monoisotopic (exact) mass is 283 g/mol. The van der Waals surface area contributed by atoms with Gasteiger partial charge >= 0.3 is 6.18 Å². The highest BCUT2D eigenvalue weighted by molar-refractivity contribution is 6.02. The van der Waals surface area contributed by atoms with Gasteiger partial charge in [0.2, 0.25) is 0 Å². The number of halogens is 3. The molecule has 2 aromatic heterocycles. The third-order valence-electron chi connectivity index (χ3n) is 2.20. The second kappa shape index (κ2) is 5.11. The van der Waals surface area contributed by atoms with Gasteiger partial charge < -0.3 is 11.1 Å². The van der Waals surface area contributed by atoms with Crippen molar-refractivity contribution in [1.29, 1.82) is 0 Å². The van der Waals surface area contributed by atoms with Gasteiger partial charge in [-0.25, -0.2) is 9.97 Å². The van der Waals surface area contributed by atoms with Crippen LogP contribution in [0.3, 0.4) is 0 Å². The normalized spacial score (nSPS) is 11.2. The summed E-state index contributed by atoms with van der Waals surface area (Å²) in [5.41, 5.74) is 4.38. The molecular weight excluding hydrogens is 275 g/mol. The van der Waals surface area contributed by atoms with Crippen molar-refractivity contribution < 1.29 is 18.0 Å². The zero-order valence-corrected chi connectivity index (χ0v) is 9.85. The Bertz CT molecular complexity index is 627. The van der Waals surface area contributed by atoms with Crippen LogP contribution in [0.1, 0.15) is 16.2 Å². The van der Waals surface area contributed by atoms with Gasteiger partial charge in [0.05, 0.1) is 24.3 Å². The molecule has 20 heavy (non-hydrogen) atoms. The Hall–Kier alpha value is -2.71. The van der Waals surface area contributed by atoms with Crippen molar-refractivity contribution in [2.24, 2.45) is 0 Å². The molecule has 0 spiro atoms. The lowest BCUT2D eigenvalue weighted by Gasteiger charge is -2.07. The molecule has 6 nitrogen and oxygen atoms in total. The highest BCUT2D eigenvalue weighted by Gasteiger charge is 2.32. The quantitative estimate of drug-likeness (QED) is 0.875. The van der Waals surface area contributed by atoms with E-state index in [9.17, 15) is 18.0 Å². The van der Waals surface area contributed by atoms with E-state index in [1.54, 1.807) is 0 Å². The topological polar surface area (TPSA) is 93.8 Å². The van der Waals surface area contributed by atoms with Gasteiger partial charge in [-0.3, -0.25) is 9.78 Å². The SMILES string of the molecule is Nc1cncc(C(=O)Nc2ccc(C(F)(F)F)nc2)n1. The molecule has 2 aromatic rings. The van der Waals surface area contributed by atoms with Gasteiger partial charge in [0, 0.05) is 0 Å². The number of pyridine rings is 1. The Kier molecular flexibility index (Phi) is 3.51. The smallest absolute Gasteiger partial charge is 0.382 e. The van der Waals surface area contributed by atoms with E-state index in [0.717, 1.165) is 18.3 Å². The largest absolute Gasteiger partial charge is 0.433 e. The number of nitrogens with two attached hydrogens (primary N) is 1. The summed E-state index contributed by atoms with van der Waals surface area (Å²) in [6, 6.07) is 1.86. The van der Waals surface area contributed by atoms with Crippen molar-refractivity contribution in [2.75, 3.05) is 11.1 Å². The van der Waals surface area contributed by atoms with Crippen LogP contribution in [0.25, 0.3) is 0 Å². The maximum Gasteiger partial charge on any atom is 0.433 e. The summed E-state index contributed by atoms with van der Waals surface area (Å²) in [5, 5.41) is 2.34. The zero-order chi connectivity index (χ0) is 14.8. The average molecular weight is 283 g/mol. The van der Waals surface area contributed by atoms with E-state index in [4.69, 9.17) is 5.73 Å². The molecule has 0 fully saturated rings. The average Bonchev–Trinajstić information content (AvgIpc) is 2.38.